The van der Waals surface area contributed by atoms with Crippen molar-refractivity contribution >= 4 is 27.8 Å². The zero-order valence-electron chi connectivity index (χ0n) is 15.8. The molecule has 3 rings (SSSR count). The second-order valence-electron chi connectivity index (χ2n) is 6.33. The van der Waals surface area contributed by atoms with Gasteiger partial charge < -0.3 is 4.74 Å². The molecule has 0 aromatic heterocycles. The van der Waals surface area contributed by atoms with Gasteiger partial charge in [0.05, 0.1) is 6.21 Å². The van der Waals surface area contributed by atoms with Gasteiger partial charge in [-0.3, -0.25) is 5.43 Å². The fraction of sp³-hybridized carbons (Fsp3) is 0.0952. The molecule has 0 saturated carbocycles. The van der Waals surface area contributed by atoms with Gasteiger partial charge in [0.15, 0.2) is 23.3 Å². The van der Waals surface area contributed by atoms with E-state index in [4.69, 9.17) is 4.74 Å². The van der Waals surface area contributed by atoms with Crippen LogP contribution in [0.5, 0.6) is 5.75 Å². The topological polar surface area (TPSA) is 33.6 Å². The first-order valence-electron chi connectivity index (χ1n) is 8.78. The van der Waals surface area contributed by atoms with Gasteiger partial charge in [-0.05, 0) is 23.8 Å². The summed E-state index contributed by atoms with van der Waals surface area (Å²) in [6.45, 7) is 0.190. The highest BCUT2D eigenvalue weighted by atomic mass is 79.9. The largest absolute Gasteiger partial charge is 0.488 e. The highest BCUT2D eigenvalue weighted by Gasteiger charge is 2.42. The molecule has 3 nitrogen and oxygen atoms in total. The molecule has 11 heteroatoms. The van der Waals surface area contributed by atoms with Crippen molar-refractivity contribution in [2.24, 2.45) is 5.10 Å². The lowest BCUT2D eigenvalue weighted by molar-refractivity contribution is -0.143. The monoisotopic (exact) mass is 520 g/mol. The van der Waals surface area contributed by atoms with Crippen LogP contribution in [0, 0.1) is 23.3 Å². The fourth-order valence-electron chi connectivity index (χ4n) is 2.63. The zero-order chi connectivity index (χ0) is 23.5. The Morgan fingerprint density at radius 3 is 2.12 bits per heavy atom. The first-order chi connectivity index (χ1) is 15.1. The number of hydrogen-bond acceptors (Lipinski definition) is 3. The van der Waals surface area contributed by atoms with Crippen LogP contribution < -0.4 is 10.2 Å². The lowest BCUT2D eigenvalue weighted by Gasteiger charge is -2.13. The predicted octanol–water partition coefficient (Wildman–Crippen LogP) is 7.05. The van der Waals surface area contributed by atoms with Gasteiger partial charge in [-0.15, -0.1) is 0 Å². The van der Waals surface area contributed by atoms with E-state index in [1.807, 2.05) is 30.3 Å². The summed E-state index contributed by atoms with van der Waals surface area (Å²) in [7, 11) is 0. The average Bonchev–Trinajstić information content (AvgIpc) is 2.74. The van der Waals surface area contributed by atoms with Crippen LogP contribution in [0.25, 0.3) is 0 Å². The molecule has 0 unspecified atom stereocenters. The number of hydrogen-bond donors (Lipinski definition) is 1. The number of halogens is 8. The molecule has 0 bridgehead atoms. The summed E-state index contributed by atoms with van der Waals surface area (Å²) in [5.74, 6) is -9.37. The molecule has 0 spiro atoms. The molecule has 3 aromatic carbocycles. The first-order valence-corrected chi connectivity index (χ1v) is 9.57. The zero-order valence-corrected chi connectivity index (χ0v) is 17.4. The van der Waals surface area contributed by atoms with Gasteiger partial charge in [-0.1, -0.05) is 46.3 Å². The average molecular weight is 521 g/mol. The third-order valence-corrected chi connectivity index (χ3v) is 4.63. The fourth-order valence-corrected chi connectivity index (χ4v) is 3.01. The number of hydrazone groups is 1. The number of ether oxygens (including phenoxy) is 1. The minimum atomic E-state index is -5.63. The Balaban J connectivity index is 1.86. The SMILES string of the molecule is Fc1c(F)c(C(F)(F)F)c(F)c(F)c1N/N=C\c1cc(Br)ccc1OCc1ccccc1. The Labute approximate surface area is 185 Å². The predicted molar refractivity (Wildman–Crippen MR) is 107 cm³/mol. The number of nitrogens with zero attached hydrogens (tertiary/aromatic N) is 1. The summed E-state index contributed by atoms with van der Waals surface area (Å²) in [5, 5.41) is 3.49. The molecule has 0 fully saturated rings. The first kappa shape index (κ1) is 23.6. The minimum absolute atomic E-state index is 0.190. The molecule has 32 heavy (non-hydrogen) atoms. The van der Waals surface area contributed by atoms with Crippen LogP contribution in [0.2, 0.25) is 0 Å². The van der Waals surface area contributed by atoms with Crippen molar-refractivity contribution in [3.05, 3.63) is 93.0 Å². The number of rotatable bonds is 6. The van der Waals surface area contributed by atoms with E-state index in [-0.39, 0.29) is 6.61 Å². The van der Waals surface area contributed by atoms with E-state index in [9.17, 15) is 30.7 Å². The molecule has 0 saturated heterocycles. The molecule has 168 valence electrons. The van der Waals surface area contributed by atoms with Crippen LogP contribution in [0.15, 0.2) is 58.1 Å². The maximum Gasteiger partial charge on any atom is 0.422 e. The van der Waals surface area contributed by atoms with Gasteiger partial charge in [-0.2, -0.15) is 18.3 Å². The van der Waals surface area contributed by atoms with Crippen LogP contribution in [-0.2, 0) is 12.8 Å². The molecular formula is C21H12BrF7N2O. The number of alkyl halides is 3. The van der Waals surface area contributed by atoms with Gasteiger partial charge in [0, 0.05) is 10.0 Å². The molecular weight excluding hydrogens is 509 g/mol. The summed E-state index contributed by atoms with van der Waals surface area (Å²) < 4.78 is 99.6. The Kier molecular flexibility index (Phi) is 7.07. The molecule has 1 N–H and O–H groups in total. The Hall–Kier alpha value is -3.08. The second kappa shape index (κ2) is 9.60. The van der Waals surface area contributed by atoms with E-state index in [0.29, 0.717) is 15.8 Å². The normalized spacial score (nSPS) is 11.8. The van der Waals surface area contributed by atoms with Crippen molar-refractivity contribution in [3.63, 3.8) is 0 Å². The van der Waals surface area contributed by atoms with Crippen molar-refractivity contribution in [3.8, 4) is 5.75 Å². The summed E-state index contributed by atoms with van der Waals surface area (Å²) in [4.78, 5) is 0. The maximum absolute atomic E-state index is 14.0. The summed E-state index contributed by atoms with van der Waals surface area (Å²) >= 11 is 3.23. The standard InChI is InChI=1S/C21H12BrF7N2O/c22-13-6-7-14(32-10-11-4-2-1-3-5-11)12(8-13)9-30-31-20-18(25)16(23)15(21(27,28)29)17(24)19(20)26/h1-9,31H,10H2/b30-9-. The number of anilines is 1. The van der Waals surface area contributed by atoms with Gasteiger partial charge >= 0.3 is 6.18 Å². The smallest absolute Gasteiger partial charge is 0.422 e. The van der Waals surface area contributed by atoms with Crippen LogP contribution in [-0.4, -0.2) is 6.21 Å². The van der Waals surface area contributed by atoms with Crippen LogP contribution in [0.4, 0.5) is 36.4 Å². The van der Waals surface area contributed by atoms with Crippen molar-refractivity contribution in [1.82, 2.24) is 0 Å². The van der Waals surface area contributed by atoms with Gasteiger partial charge in [0.25, 0.3) is 0 Å². The summed E-state index contributed by atoms with van der Waals surface area (Å²) in [6.07, 6.45) is -4.60. The van der Waals surface area contributed by atoms with E-state index in [0.717, 1.165) is 11.8 Å². The van der Waals surface area contributed by atoms with Crippen molar-refractivity contribution in [1.29, 1.82) is 0 Å². The summed E-state index contributed by atoms with van der Waals surface area (Å²) in [5.41, 5.74) is -1.30. The third-order valence-electron chi connectivity index (χ3n) is 4.14. The van der Waals surface area contributed by atoms with Crippen molar-refractivity contribution in [2.75, 3.05) is 5.43 Å². The Morgan fingerprint density at radius 2 is 1.53 bits per heavy atom. The maximum atomic E-state index is 14.0. The number of benzene rings is 3. The molecule has 0 amide bonds. The Morgan fingerprint density at radius 1 is 0.906 bits per heavy atom. The van der Waals surface area contributed by atoms with Crippen LogP contribution in [0.3, 0.4) is 0 Å². The Bertz CT molecular complexity index is 1120. The number of nitrogens with one attached hydrogen (secondary N) is 1. The molecule has 0 heterocycles. The van der Waals surface area contributed by atoms with E-state index in [1.54, 1.807) is 17.6 Å². The minimum Gasteiger partial charge on any atom is -0.488 e. The highest BCUT2D eigenvalue weighted by molar-refractivity contribution is 9.10. The lowest BCUT2D eigenvalue weighted by Crippen LogP contribution is -2.16. The van der Waals surface area contributed by atoms with Crippen molar-refractivity contribution in [2.45, 2.75) is 12.8 Å². The molecule has 0 aliphatic carbocycles. The quantitative estimate of drug-likeness (QED) is 0.163. The second-order valence-corrected chi connectivity index (χ2v) is 7.25. The van der Waals surface area contributed by atoms with Gasteiger partial charge in [-0.25, -0.2) is 17.6 Å². The van der Waals surface area contributed by atoms with Gasteiger partial charge in [0.1, 0.15) is 23.6 Å². The summed E-state index contributed by atoms with van der Waals surface area (Å²) in [6, 6.07) is 13.9. The molecule has 0 atom stereocenters. The lowest BCUT2D eigenvalue weighted by atomic mass is 10.1. The van der Waals surface area contributed by atoms with E-state index in [1.165, 1.54) is 6.07 Å². The van der Waals surface area contributed by atoms with Crippen LogP contribution in [0.1, 0.15) is 16.7 Å². The molecule has 3 aromatic rings. The molecule has 0 aliphatic rings. The van der Waals surface area contributed by atoms with E-state index < -0.39 is 40.7 Å². The van der Waals surface area contributed by atoms with E-state index >= 15 is 0 Å². The molecule has 0 aliphatic heterocycles. The van der Waals surface area contributed by atoms with Crippen LogP contribution >= 0.6 is 15.9 Å². The van der Waals surface area contributed by atoms with E-state index in [2.05, 4.69) is 21.0 Å². The highest BCUT2D eigenvalue weighted by Crippen LogP contribution is 2.38. The molecule has 0 radical (unpaired) electrons. The van der Waals surface area contributed by atoms with Gasteiger partial charge in [0.2, 0.25) is 0 Å². The van der Waals surface area contributed by atoms with Crippen molar-refractivity contribution < 1.29 is 35.5 Å². The third kappa shape index (κ3) is 5.21.